The highest BCUT2D eigenvalue weighted by molar-refractivity contribution is 5.92. The van der Waals surface area contributed by atoms with Crippen LogP contribution >= 0.6 is 0 Å². The molecule has 186 valence electrons. The number of pyridine rings is 1. The second-order valence-electron chi connectivity index (χ2n) is 9.62. The van der Waals surface area contributed by atoms with E-state index in [4.69, 9.17) is 14.6 Å². The number of nitrogens with one attached hydrogen (secondary N) is 1. The van der Waals surface area contributed by atoms with Crippen molar-refractivity contribution in [2.24, 2.45) is 5.92 Å². The van der Waals surface area contributed by atoms with E-state index in [1.807, 2.05) is 13.8 Å². The smallest absolute Gasteiger partial charge is 0.407 e. The third-order valence-corrected chi connectivity index (χ3v) is 4.86. The number of hydrogen-bond donors (Lipinski definition) is 2. The molecule has 0 aliphatic heterocycles. The number of carboxylic acid groups (broad SMARTS) is 1. The van der Waals surface area contributed by atoms with Gasteiger partial charge in [0.2, 0.25) is 0 Å². The Morgan fingerprint density at radius 2 is 1.91 bits per heavy atom. The molecule has 34 heavy (non-hydrogen) atoms. The number of nitrogens with zero attached hydrogens (tertiary/aromatic N) is 1. The van der Waals surface area contributed by atoms with Crippen LogP contribution in [-0.2, 0) is 22.6 Å². The lowest BCUT2D eigenvalue weighted by molar-refractivity contribution is -0.131. The highest BCUT2D eigenvalue weighted by Crippen LogP contribution is 2.30. The van der Waals surface area contributed by atoms with Gasteiger partial charge in [-0.1, -0.05) is 33.3 Å². The molecule has 0 saturated heterocycles. The molecule has 0 aliphatic rings. The third kappa shape index (κ3) is 7.64. The fourth-order valence-electron chi connectivity index (χ4n) is 3.44. The molecule has 2 rings (SSSR count). The number of carboxylic acids is 1. The van der Waals surface area contributed by atoms with E-state index in [9.17, 15) is 14.4 Å². The number of fused-ring (bicyclic) bond motifs is 1. The Morgan fingerprint density at radius 3 is 2.50 bits per heavy atom. The average Bonchev–Trinajstić information content (AvgIpc) is 2.73. The maximum absolute atomic E-state index is 13.5. The molecule has 0 spiro atoms. The van der Waals surface area contributed by atoms with E-state index >= 15 is 0 Å². The van der Waals surface area contributed by atoms with E-state index in [0.717, 1.165) is 18.9 Å². The monoisotopic (exact) mass is 472 g/mol. The van der Waals surface area contributed by atoms with Gasteiger partial charge in [-0.3, -0.25) is 4.79 Å². The number of benzene rings is 1. The molecular formula is C26H36N2O6. The zero-order valence-electron chi connectivity index (χ0n) is 20.9. The quantitative estimate of drug-likeness (QED) is 0.374. The van der Waals surface area contributed by atoms with E-state index in [2.05, 4.69) is 12.2 Å². The zero-order valence-corrected chi connectivity index (χ0v) is 20.9. The topological polar surface area (TPSA) is 107 Å². The van der Waals surface area contributed by atoms with Crippen molar-refractivity contribution in [1.82, 2.24) is 9.88 Å². The summed E-state index contributed by atoms with van der Waals surface area (Å²) in [5.41, 5.74) is 0.327. The number of carbonyl (C=O) groups is 2. The molecule has 1 amide bonds. The van der Waals surface area contributed by atoms with Gasteiger partial charge in [0.05, 0.1) is 24.2 Å². The Hall–Kier alpha value is -3.29. The SMILES string of the molecule is CCCCOc1c(CNC(=O)OC(C)(C)C)n(CC(C)C)c(=O)c2ccc(/C=C/C(=O)O)cc12. The van der Waals surface area contributed by atoms with Gasteiger partial charge in [0.1, 0.15) is 11.4 Å². The molecular weight excluding hydrogens is 436 g/mol. The second kappa shape index (κ2) is 11.7. The Kier molecular flexibility index (Phi) is 9.29. The van der Waals surface area contributed by atoms with Gasteiger partial charge >= 0.3 is 12.1 Å². The summed E-state index contributed by atoms with van der Waals surface area (Å²) in [6, 6.07) is 5.14. The van der Waals surface area contributed by atoms with Gasteiger partial charge in [0.15, 0.2) is 0 Å². The van der Waals surface area contributed by atoms with Crippen LogP contribution in [0.5, 0.6) is 5.75 Å². The number of alkyl carbamates (subject to hydrolysis) is 1. The first-order valence-electron chi connectivity index (χ1n) is 11.6. The number of carbonyl (C=O) groups excluding carboxylic acids is 1. The van der Waals surface area contributed by atoms with E-state index in [1.54, 1.807) is 43.5 Å². The van der Waals surface area contributed by atoms with Crippen molar-refractivity contribution in [2.75, 3.05) is 6.61 Å². The van der Waals surface area contributed by atoms with Gasteiger partial charge in [-0.25, -0.2) is 9.59 Å². The number of amides is 1. The largest absolute Gasteiger partial charge is 0.491 e. The molecule has 1 heterocycles. The molecule has 2 aromatic rings. The number of aliphatic carboxylic acids is 1. The van der Waals surface area contributed by atoms with Crippen molar-refractivity contribution in [1.29, 1.82) is 0 Å². The van der Waals surface area contributed by atoms with Crippen LogP contribution < -0.4 is 15.6 Å². The first kappa shape index (κ1) is 27.0. The Bertz CT molecular complexity index is 1110. The minimum Gasteiger partial charge on any atom is -0.491 e. The van der Waals surface area contributed by atoms with Gasteiger partial charge in [0, 0.05) is 18.0 Å². The van der Waals surface area contributed by atoms with Crippen molar-refractivity contribution in [2.45, 2.75) is 73.1 Å². The molecule has 8 heteroatoms. The average molecular weight is 473 g/mol. The van der Waals surface area contributed by atoms with Crippen LogP contribution in [0.3, 0.4) is 0 Å². The summed E-state index contributed by atoms with van der Waals surface area (Å²) in [6.07, 6.45) is 3.68. The normalized spacial score (nSPS) is 11.9. The molecule has 0 unspecified atom stereocenters. The van der Waals surface area contributed by atoms with Crippen LogP contribution in [0.15, 0.2) is 29.1 Å². The lowest BCUT2D eigenvalue weighted by Crippen LogP contribution is -2.35. The van der Waals surface area contributed by atoms with Gasteiger partial charge < -0.3 is 24.5 Å². The lowest BCUT2D eigenvalue weighted by Gasteiger charge is -2.23. The summed E-state index contributed by atoms with van der Waals surface area (Å²) in [4.78, 5) is 36.8. The summed E-state index contributed by atoms with van der Waals surface area (Å²) in [5.74, 6) is -0.379. The zero-order chi connectivity index (χ0) is 25.5. The molecule has 0 aliphatic carbocycles. The standard InChI is InChI=1S/C26H36N2O6/c1-7-8-13-33-23-20-14-18(10-12-22(29)30)9-11-19(20)24(31)28(16-17(2)3)21(23)15-27-25(32)34-26(4,5)6/h9-12,14,17H,7-8,13,15-16H2,1-6H3,(H,27,32)(H,29,30)/b12-10+. The van der Waals surface area contributed by atoms with Crippen molar-refractivity contribution in [3.05, 3.63) is 45.9 Å². The summed E-state index contributed by atoms with van der Waals surface area (Å²) in [7, 11) is 0. The fraction of sp³-hybridized carbons (Fsp3) is 0.500. The molecule has 0 radical (unpaired) electrons. The number of hydrogen-bond acceptors (Lipinski definition) is 5. The summed E-state index contributed by atoms with van der Waals surface area (Å²) < 4.78 is 13.2. The maximum Gasteiger partial charge on any atom is 0.407 e. The summed E-state index contributed by atoms with van der Waals surface area (Å²) in [6.45, 7) is 12.4. The number of unbranched alkanes of at least 4 members (excludes halogenated alkanes) is 1. The van der Waals surface area contributed by atoms with E-state index < -0.39 is 17.7 Å². The summed E-state index contributed by atoms with van der Waals surface area (Å²) in [5, 5.41) is 12.8. The molecule has 0 atom stereocenters. The van der Waals surface area contributed by atoms with Crippen LogP contribution in [0.4, 0.5) is 4.79 Å². The Balaban J connectivity index is 2.68. The van der Waals surface area contributed by atoms with Gasteiger partial charge in [-0.05, 0) is 56.9 Å². The summed E-state index contributed by atoms with van der Waals surface area (Å²) >= 11 is 0. The fourth-order valence-corrected chi connectivity index (χ4v) is 3.44. The molecule has 0 saturated carbocycles. The van der Waals surface area contributed by atoms with Crippen molar-refractivity contribution in [3.63, 3.8) is 0 Å². The first-order chi connectivity index (χ1) is 15.9. The van der Waals surface area contributed by atoms with E-state index in [0.29, 0.717) is 40.9 Å². The first-order valence-corrected chi connectivity index (χ1v) is 11.6. The molecule has 0 bridgehead atoms. The van der Waals surface area contributed by atoms with Crippen LogP contribution in [-0.4, -0.2) is 33.9 Å². The molecule has 0 fully saturated rings. The highest BCUT2D eigenvalue weighted by Gasteiger charge is 2.21. The van der Waals surface area contributed by atoms with Crippen LogP contribution in [0.25, 0.3) is 16.8 Å². The van der Waals surface area contributed by atoms with Crippen LogP contribution in [0, 0.1) is 5.92 Å². The third-order valence-electron chi connectivity index (χ3n) is 4.86. The van der Waals surface area contributed by atoms with E-state index in [1.165, 1.54) is 6.08 Å². The molecule has 1 aromatic heterocycles. The lowest BCUT2D eigenvalue weighted by atomic mass is 10.0. The van der Waals surface area contributed by atoms with Gasteiger partial charge in [0.25, 0.3) is 5.56 Å². The predicted octanol–water partition coefficient (Wildman–Crippen LogP) is 4.96. The molecule has 8 nitrogen and oxygen atoms in total. The van der Waals surface area contributed by atoms with Crippen LogP contribution in [0.2, 0.25) is 0 Å². The minimum absolute atomic E-state index is 0.0451. The number of aromatic nitrogens is 1. The second-order valence-corrected chi connectivity index (χ2v) is 9.62. The molecule has 2 N–H and O–H groups in total. The van der Waals surface area contributed by atoms with Gasteiger partial charge in [-0.15, -0.1) is 0 Å². The van der Waals surface area contributed by atoms with Gasteiger partial charge in [-0.2, -0.15) is 0 Å². The maximum atomic E-state index is 13.5. The number of rotatable bonds is 10. The Labute approximate surface area is 200 Å². The van der Waals surface area contributed by atoms with Crippen LogP contribution in [0.1, 0.15) is 65.6 Å². The number of ether oxygens (including phenoxy) is 2. The van der Waals surface area contributed by atoms with Crippen molar-refractivity contribution < 1.29 is 24.2 Å². The predicted molar refractivity (Wildman–Crippen MR) is 133 cm³/mol. The van der Waals surface area contributed by atoms with Crippen molar-refractivity contribution in [3.8, 4) is 5.75 Å². The minimum atomic E-state index is -1.06. The van der Waals surface area contributed by atoms with Crippen molar-refractivity contribution >= 4 is 28.9 Å². The molecule has 1 aromatic carbocycles. The van der Waals surface area contributed by atoms with E-state index in [-0.39, 0.29) is 18.0 Å². The Morgan fingerprint density at radius 1 is 1.21 bits per heavy atom. The highest BCUT2D eigenvalue weighted by atomic mass is 16.6.